The van der Waals surface area contributed by atoms with Crippen molar-refractivity contribution in [2.45, 2.75) is 31.7 Å². The van der Waals surface area contributed by atoms with Crippen LogP contribution in [-0.2, 0) is 38.5 Å². The van der Waals surface area contributed by atoms with E-state index >= 15 is 0 Å². The number of hydrogen-bond donors (Lipinski definition) is 3. The van der Waals surface area contributed by atoms with Gasteiger partial charge in [-0.25, -0.2) is 22.3 Å². The molecule has 1 aromatic carbocycles. The van der Waals surface area contributed by atoms with Crippen LogP contribution >= 0.6 is 0 Å². The molecule has 1 saturated heterocycles. The number of fused-ring (bicyclic) bond motifs is 1. The summed E-state index contributed by atoms with van der Waals surface area (Å²) in [5, 5.41) is 26.2. The predicted octanol–water partition coefficient (Wildman–Crippen LogP) is 1.33. The van der Waals surface area contributed by atoms with Crippen molar-refractivity contribution in [3.63, 3.8) is 0 Å². The van der Waals surface area contributed by atoms with Crippen molar-refractivity contribution < 1.29 is 33.3 Å². The van der Waals surface area contributed by atoms with Crippen LogP contribution in [0.2, 0.25) is 0 Å². The van der Waals surface area contributed by atoms with E-state index in [0.717, 1.165) is 47.8 Å². The second-order valence-electron chi connectivity index (χ2n) is 8.04. The topological polar surface area (TPSA) is 140 Å². The summed E-state index contributed by atoms with van der Waals surface area (Å²) in [6.45, 7) is 2.10. The van der Waals surface area contributed by atoms with E-state index in [4.69, 9.17) is 10.2 Å². The smallest absolute Gasteiger partial charge is 0.328 e. The van der Waals surface area contributed by atoms with Crippen LogP contribution in [-0.4, -0.2) is 83.2 Å². The maximum Gasteiger partial charge on any atom is 0.328 e. The fraction of sp³-hybridized carbons (Fsp3) is 0.455. The van der Waals surface area contributed by atoms with Crippen molar-refractivity contribution >= 4 is 32.9 Å². The third-order valence-electron chi connectivity index (χ3n) is 5.18. The van der Waals surface area contributed by atoms with Crippen molar-refractivity contribution in [3.05, 3.63) is 47.7 Å². The van der Waals surface area contributed by atoms with Gasteiger partial charge in [-0.15, -0.1) is 0 Å². The lowest BCUT2D eigenvalue weighted by molar-refractivity contribution is -0.134. The number of aromatic nitrogens is 1. The van der Waals surface area contributed by atoms with Gasteiger partial charge >= 0.3 is 11.9 Å². The van der Waals surface area contributed by atoms with Crippen LogP contribution in [0.25, 0.3) is 10.9 Å². The molecule has 0 amide bonds. The van der Waals surface area contributed by atoms with Gasteiger partial charge in [0.15, 0.2) is 0 Å². The number of aliphatic carboxylic acids is 2. The quantitative estimate of drug-likeness (QED) is 0.456. The molecule has 0 saturated carbocycles. The van der Waals surface area contributed by atoms with Crippen LogP contribution in [0.4, 0.5) is 0 Å². The van der Waals surface area contributed by atoms with Gasteiger partial charge in [0.05, 0.1) is 11.3 Å². The van der Waals surface area contributed by atoms with E-state index in [1.165, 1.54) is 0 Å². The Morgan fingerprint density at radius 2 is 1.70 bits per heavy atom. The second-order valence-corrected chi connectivity index (χ2v) is 10.0. The summed E-state index contributed by atoms with van der Waals surface area (Å²) in [5.41, 5.74) is 2.89. The van der Waals surface area contributed by atoms with Crippen LogP contribution < -0.4 is 0 Å². The molecule has 0 atom stereocenters. The summed E-state index contributed by atoms with van der Waals surface area (Å²) in [7, 11) is 0.804. The van der Waals surface area contributed by atoms with Gasteiger partial charge in [0.2, 0.25) is 10.0 Å². The van der Waals surface area contributed by atoms with E-state index in [2.05, 4.69) is 4.90 Å². The molecule has 0 aliphatic carbocycles. The van der Waals surface area contributed by atoms with Crippen LogP contribution in [0, 0.1) is 0 Å². The van der Waals surface area contributed by atoms with E-state index in [0.29, 0.717) is 25.2 Å². The molecule has 3 rings (SSSR count). The van der Waals surface area contributed by atoms with E-state index in [9.17, 15) is 23.1 Å². The first-order chi connectivity index (χ1) is 15.5. The van der Waals surface area contributed by atoms with E-state index in [1.807, 2.05) is 38.5 Å². The fourth-order valence-corrected chi connectivity index (χ4v) is 5.18. The lowest BCUT2D eigenvalue weighted by Gasteiger charge is -2.15. The predicted molar refractivity (Wildman–Crippen MR) is 124 cm³/mol. The lowest BCUT2D eigenvalue weighted by Crippen LogP contribution is -2.29. The summed E-state index contributed by atoms with van der Waals surface area (Å²) < 4.78 is 28.6. The van der Waals surface area contributed by atoms with Crippen molar-refractivity contribution in [1.82, 2.24) is 13.8 Å². The second kappa shape index (κ2) is 11.9. The summed E-state index contributed by atoms with van der Waals surface area (Å²) >= 11 is 0. The van der Waals surface area contributed by atoms with Gasteiger partial charge in [-0.05, 0) is 56.6 Å². The standard InChI is InChI=1S/C18H27N3O3S.C4H4O4/c1-19(2)10-7-16-12-20(14-22)18-6-5-15(11-17(16)18)13-25(23,24)21-8-3-4-9-21;5-3(6)1-2-4(7)8/h5-6,11-12,22H,3-4,7-10,13-14H2,1-2H3;1-2H,(H,5,6)(H,7,8)/b;2-1+. The average molecular weight is 482 g/mol. The molecule has 2 aromatic rings. The number of carboxylic acid groups (broad SMARTS) is 2. The Hall–Kier alpha value is -2.73. The van der Waals surface area contributed by atoms with Gasteiger partial charge in [-0.1, -0.05) is 6.07 Å². The minimum atomic E-state index is -3.25. The zero-order valence-corrected chi connectivity index (χ0v) is 19.7. The first kappa shape index (κ1) is 26.5. The van der Waals surface area contributed by atoms with Crippen LogP contribution in [0.1, 0.15) is 24.0 Å². The molecule has 1 aliphatic rings. The third-order valence-corrected chi connectivity index (χ3v) is 7.03. The molecule has 2 heterocycles. The minimum absolute atomic E-state index is 0.0420. The number of rotatable bonds is 9. The van der Waals surface area contributed by atoms with Gasteiger partial charge in [-0.2, -0.15) is 0 Å². The van der Waals surface area contributed by atoms with Gasteiger partial charge in [0, 0.05) is 43.4 Å². The fourth-order valence-electron chi connectivity index (χ4n) is 3.58. The molecule has 3 N–H and O–H groups in total. The molecule has 1 aromatic heterocycles. The first-order valence-corrected chi connectivity index (χ1v) is 12.1. The van der Waals surface area contributed by atoms with Crippen LogP contribution in [0.5, 0.6) is 0 Å². The molecule has 0 bridgehead atoms. The highest BCUT2D eigenvalue weighted by atomic mass is 32.2. The highest BCUT2D eigenvalue weighted by Crippen LogP contribution is 2.25. The highest BCUT2D eigenvalue weighted by Gasteiger charge is 2.25. The Morgan fingerprint density at radius 1 is 1.09 bits per heavy atom. The van der Waals surface area contributed by atoms with Gasteiger partial charge in [0.1, 0.15) is 6.73 Å². The lowest BCUT2D eigenvalue weighted by atomic mass is 10.1. The van der Waals surface area contributed by atoms with Gasteiger partial charge < -0.3 is 24.8 Å². The van der Waals surface area contributed by atoms with Crippen molar-refractivity contribution in [1.29, 1.82) is 0 Å². The van der Waals surface area contributed by atoms with Crippen molar-refractivity contribution in [3.8, 4) is 0 Å². The molecule has 10 nitrogen and oxygen atoms in total. The van der Waals surface area contributed by atoms with E-state index in [-0.39, 0.29) is 12.5 Å². The molecular weight excluding hydrogens is 450 g/mol. The maximum absolute atomic E-state index is 12.6. The summed E-state index contributed by atoms with van der Waals surface area (Å²) in [4.78, 5) is 21.2. The Morgan fingerprint density at radius 3 is 2.21 bits per heavy atom. The normalized spacial score (nSPS) is 14.7. The van der Waals surface area contributed by atoms with Crippen molar-refractivity contribution in [2.75, 3.05) is 33.7 Å². The Kier molecular flexibility index (Phi) is 9.59. The van der Waals surface area contributed by atoms with E-state index in [1.54, 1.807) is 8.87 Å². The number of benzene rings is 1. The van der Waals surface area contributed by atoms with Crippen molar-refractivity contribution in [2.24, 2.45) is 0 Å². The third kappa shape index (κ3) is 7.97. The number of nitrogens with zero attached hydrogens (tertiary/aromatic N) is 3. The van der Waals surface area contributed by atoms with Gasteiger partial charge in [0.25, 0.3) is 0 Å². The summed E-state index contributed by atoms with van der Waals surface area (Å²) in [6, 6.07) is 5.75. The zero-order chi connectivity index (χ0) is 24.6. The Balaban J connectivity index is 0.000000414. The molecule has 1 aliphatic heterocycles. The molecule has 0 spiro atoms. The monoisotopic (exact) mass is 481 g/mol. The number of hydrogen-bond acceptors (Lipinski definition) is 6. The minimum Gasteiger partial charge on any atom is -0.478 e. The number of aliphatic hydroxyl groups excluding tert-OH is 1. The van der Waals surface area contributed by atoms with Crippen LogP contribution in [0.3, 0.4) is 0 Å². The largest absolute Gasteiger partial charge is 0.478 e. The molecule has 182 valence electrons. The average Bonchev–Trinajstić information content (AvgIpc) is 3.39. The molecule has 0 unspecified atom stereocenters. The molecule has 1 fully saturated rings. The number of sulfonamides is 1. The number of carbonyl (C=O) groups is 2. The summed E-state index contributed by atoms with van der Waals surface area (Å²) in [6.07, 6.45) is 5.84. The number of likely N-dealkylation sites (N-methyl/N-ethyl adjacent to an activating group) is 1. The SMILES string of the molecule is CN(C)CCc1cn(CO)c2ccc(CS(=O)(=O)N3CCCC3)cc12.O=C(O)/C=C/C(=O)O. The first-order valence-electron chi connectivity index (χ1n) is 10.5. The maximum atomic E-state index is 12.6. The number of carboxylic acids is 2. The van der Waals surface area contributed by atoms with E-state index < -0.39 is 22.0 Å². The summed E-state index contributed by atoms with van der Waals surface area (Å²) in [5.74, 6) is -2.47. The zero-order valence-electron chi connectivity index (χ0n) is 18.8. The molecule has 11 heteroatoms. The Bertz CT molecular complexity index is 1080. The highest BCUT2D eigenvalue weighted by molar-refractivity contribution is 7.88. The molecule has 33 heavy (non-hydrogen) atoms. The van der Waals surface area contributed by atoms with Gasteiger partial charge in [-0.3, -0.25) is 0 Å². The Labute approximate surface area is 193 Å². The van der Waals surface area contributed by atoms with Crippen LogP contribution in [0.15, 0.2) is 36.5 Å². The molecule has 0 radical (unpaired) electrons. The molecular formula is C22H31N3O7S. The number of aliphatic hydroxyl groups is 1.